The first-order valence-corrected chi connectivity index (χ1v) is 6.91. The molecule has 0 aromatic heterocycles. The SMILES string of the molecule is CCNCc1ccccc1OC(C)C(=O)NCCOC. The molecule has 2 N–H and O–H groups in total. The second-order valence-electron chi connectivity index (χ2n) is 4.43. The zero-order chi connectivity index (χ0) is 14.8. The molecule has 1 aromatic carbocycles. The zero-order valence-electron chi connectivity index (χ0n) is 12.4. The van der Waals surface area contributed by atoms with Crippen molar-refractivity contribution in [2.75, 3.05) is 26.8 Å². The highest BCUT2D eigenvalue weighted by molar-refractivity contribution is 5.80. The smallest absolute Gasteiger partial charge is 0.260 e. The third-order valence-electron chi connectivity index (χ3n) is 2.82. The molecular weight excluding hydrogens is 256 g/mol. The largest absolute Gasteiger partial charge is 0.481 e. The molecule has 0 aliphatic carbocycles. The monoisotopic (exact) mass is 280 g/mol. The number of hydrogen-bond donors (Lipinski definition) is 2. The maximum atomic E-state index is 11.8. The molecule has 5 nitrogen and oxygen atoms in total. The van der Waals surface area contributed by atoms with Gasteiger partial charge in [-0.25, -0.2) is 0 Å². The van der Waals surface area contributed by atoms with Crippen LogP contribution < -0.4 is 15.4 Å². The lowest BCUT2D eigenvalue weighted by Crippen LogP contribution is -2.38. The van der Waals surface area contributed by atoms with E-state index in [0.717, 1.165) is 24.4 Å². The summed E-state index contributed by atoms with van der Waals surface area (Å²) in [5, 5.41) is 6.01. The number of para-hydroxylation sites is 1. The lowest BCUT2D eigenvalue weighted by Gasteiger charge is -2.17. The lowest BCUT2D eigenvalue weighted by molar-refractivity contribution is -0.127. The van der Waals surface area contributed by atoms with Gasteiger partial charge in [0, 0.05) is 25.8 Å². The van der Waals surface area contributed by atoms with Crippen LogP contribution in [0.2, 0.25) is 0 Å². The number of methoxy groups -OCH3 is 1. The normalized spacial score (nSPS) is 11.9. The Labute approximate surface area is 120 Å². The fourth-order valence-electron chi connectivity index (χ4n) is 1.69. The molecule has 0 saturated heterocycles. The summed E-state index contributed by atoms with van der Waals surface area (Å²) in [4.78, 5) is 11.8. The van der Waals surface area contributed by atoms with E-state index in [4.69, 9.17) is 9.47 Å². The van der Waals surface area contributed by atoms with Crippen LogP contribution in [0.1, 0.15) is 19.4 Å². The maximum absolute atomic E-state index is 11.8. The van der Waals surface area contributed by atoms with E-state index < -0.39 is 6.10 Å². The van der Waals surface area contributed by atoms with Crippen LogP contribution in [-0.2, 0) is 16.1 Å². The minimum absolute atomic E-state index is 0.139. The minimum Gasteiger partial charge on any atom is -0.481 e. The molecule has 112 valence electrons. The van der Waals surface area contributed by atoms with Crippen LogP contribution in [0.3, 0.4) is 0 Å². The molecule has 1 atom stereocenters. The van der Waals surface area contributed by atoms with E-state index in [1.807, 2.05) is 24.3 Å². The van der Waals surface area contributed by atoms with Gasteiger partial charge in [0.1, 0.15) is 5.75 Å². The predicted octanol–water partition coefficient (Wildman–Crippen LogP) is 1.33. The molecule has 0 fully saturated rings. The van der Waals surface area contributed by atoms with Crippen molar-refractivity contribution in [2.45, 2.75) is 26.5 Å². The minimum atomic E-state index is -0.533. The van der Waals surface area contributed by atoms with Crippen molar-refractivity contribution in [3.63, 3.8) is 0 Å². The highest BCUT2D eigenvalue weighted by Gasteiger charge is 2.15. The van der Waals surface area contributed by atoms with E-state index in [1.54, 1.807) is 14.0 Å². The average molecular weight is 280 g/mol. The first kappa shape index (κ1) is 16.5. The highest BCUT2D eigenvalue weighted by atomic mass is 16.5. The Bertz CT molecular complexity index is 410. The van der Waals surface area contributed by atoms with Gasteiger partial charge in [-0.3, -0.25) is 4.79 Å². The first-order valence-electron chi connectivity index (χ1n) is 6.91. The molecule has 1 unspecified atom stereocenters. The maximum Gasteiger partial charge on any atom is 0.260 e. The van der Waals surface area contributed by atoms with Gasteiger partial charge in [-0.2, -0.15) is 0 Å². The molecule has 1 rings (SSSR count). The Morgan fingerprint density at radius 2 is 2.10 bits per heavy atom. The zero-order valence-corrected chi connectivity index (χ0v) is 12.4. The van der Waals surface area contributed by atoms with Gasteiger partial charge in [-0.1, -0.05) is 25.1 Å². The summed E-state index contributed by atoms with van der Waals surface area (Å²) in [6, 6.07) is 7.74. The number of ether oxygens (including phenoxy) is 2. The quantitative estimate of drug-likeness (QED) is 0.670. The van der Waals surface area contributed by atoms with Crippen LogP contribution in [0.5, 0.6) is 5.75 Å². The number of amides is 1. The van der Waals surface area contributed by atoms with Crippen molar-refractivity contribution in [1.29, 1.82) is 0 Å². The Morgan fingerprint density at radius 1 is 1.35 bits per heavy atom. The molecule has 0 aliphatic heterocycles. The summed E-state index contributed by atoms with van der Waals surface area (Å²) in [7, 11) is 1.60. The van der Waals surface area contributed by atoms with Crippen LogP contribution in [0.25, 0.3) is 0 Å². The lowest BCUT2D eigenvalue weighted by atomic mass is 10.2. The van der Waals surface area contributed by atoms with Crippen molar-refractivity contribution in [1.82, 2.24) is 10.6 Å². The Balaban J connectivity index is 2.56. The fraction of sp³-hybridized carbons (Fsp3) is 0.533. The van der Waals surface area contributed by atoms with Gasteiger partial charge < -0.3 is 20.1 Å². The van der Waals surface area contributed by atoms with Crippen LogP contribution >= 0.6 is 0 Å². The van der Waals surface area contributed by atoms with Gasteiger partial charge in [0.15, 0.2) is 6.10 Å². The number of rotatable bonds is 9. The second kappa shape index (κ2) is 9.34. The fourth-order valence-corrected chi connectivity index (χ4v) is 1.69. The van der Waals surface area contributed by atoms with Gasteiger partial charge in [-0.05, 0) is 19.5 Å². The highest BCUT2D eigenvalue weighted by Crippen LogP contribution is 2.19. The van der Waals surface area contributed by atoms with Crippen LogP contribution in [0, 0.1) is 0 Å². The van der Waals surface area contributed by atoms with Crippen molar-refractivity contribution >= 4 is 5.91 Å². The summed E-state index contributed by atoms with van der Waals surface area (Å²) in [5.41, 5.74) is 1.05. The van der Waals surface area contributed by atoms with Crippen molar-refractivity contribution in [2.24, 2.45) is 0 Å². The Hall–Kier alpha value is -1.59. The Morgan fingerprint density at radius 3 is 2.80 bits per heavy atom. The average Bonchev–Trinajstić information content (AvgIpc) is 2.46. The number of hydrogen-bond acceptors (Lipinski definition) is 4. The van der Waals surface area contributed by atoms with Gasteiger partial charge in [0.2, 0.25) is 0 Å². The van der Waals surface area contributed by atoms with E-state index in [1.165, 1.54) is 0 Å². The van der Waals surface area contributed by atoms with E-state index in [0.29, 0.717) is 13.2 Å². The van der Waals surface area contributed by atoms with Gasteiger partial charge in [-0.15, -0.1) is 0 Å². The van der Waals surface area contributed by atoms with Gasteiger partial charge in [0.05, 0.1) is 6.61 Å². The van der Waals surface area contributed by atoms with Gasteiger partial charge in [0.25, 0.3) is 5.91 Å². The summed E-state index contributed by atoms with van der Waals surface area (Å²) in [6.07, 6.45) is -0.533. The molecular formula is C15H24N2O3. The number of benzene rings is 1. The molecule has 5 heteroatoms. The van der Waals surface area contributed by atoms with Crippen molar-refractivity contribution in [3.8, 4) is 5.75 Å². The van der Waals surface area contributed by atoms with E-state index in [2.05, 4.69) is 17.6 Å². The number of nitrogens with one attached hydrogen (secondary N) is 2. The van der Waals surface area contributed by atoms with E-state index in [9.17, 15) is 4.79 Å². The summed E-state index contributed by atoms with van der Waals surface area (Å²) >= 11 is 0. The predicted molar refractivity (Wildman–Crippen MR) is 78.8 cm³/mol. The summed E-state index contributed by atoms with van der Waals surface area (Å²) < 4.78 is 10.6. The third-order valence-corrected chi connectivity index (χ3v) is 2.82. The molecule has 0 radical (unpaired) electrons. The van der Waals surface area contributed by atoms with Crippen molar-refractivity contribution < 1.29 is 14.3 Å². The van der Waals surface area contributed by atoms with Crippen molar-refractivity contribution in [3.05, 3.63) is 29.8 Å². The van der Waals surface area contributed by atoms with Crippen LogP contribution in [-0.4, -0.2) is 38.8 Å². The topological polar surface area (TPSA) is 59.6 Å². The number of carbonyl (C=O) groups excluding carboxylic acids is 1. The molecule has 0 aliphatic rings. The van der Waals surface area contributed by atoms with Crippen LogP contribution in [0.15, 0.2) is 24.3 Å². The second-order valence-corrected chi connectivity index (χ2v) is 4.43. The molecule has 1 aromatic rings. The standard InChI is InChI=1S/C15H24N2O3/c1-4-16-11-13-7-5-6-8-14(13)20-12(2)15(18)17-9-10-19-3/h5-8,12,16H,4,9-11H2,1-3H3,(H,17,18). The summed E-state index contributed by atoms with van der Waals surface area (Å²) in [6.45, 7) is 6.39. The molecule has 20 heavy (non-hydrogen) atoms. The van der Waals surface area contributed by atoms with E-state index >= 15 is 0 Å². The third kappa shape index (κ3) is 5.59. The molecule has 0 bridgehead atoms. The molecule has 0 saturated carbocycles. The molecule has 0 heterocycles. The molecule has 0 spiro atoms. The summed E-state index contributed by atoms with van der Waals surface area (Å²) in [5.74, 6) is 0.600. The first-order chi connectivity index (χ1) is 9.69. The number of carbonyl (C=O) groups is 1. The Kier molecular flexibility index (Phi) is 7.69. The molecule has 1 amide bonds. The van der Waals surface area contributed by atoms with Gasteiger partial charge >= 0.3 is 0 Å². The van der Waals surface area contributed by atoms with E-state index in [-0.39, 0.29) is 5.91 Å². The van der Waals surface area contributed by atoms with Crippen LogP contribution in [0.4, 0.5) is 0 Å².